The molecule has 7 heteroatoms. The predicted octanol–water partition coefficient (Wildman–Crippen LogP) is 1.37. The van der Waals surface area contributed by atoms with Gasteiger partial charge in [-0.3, -0.25) is 9.59 Å². The molecule has 0 bridgehead atoms. The number of hydrogen-bond acceptors (Lipinski definition) is 4. The lowest BCUT2D eigenvalue weighted by Crippen LogP contribution is -2.56. The third-order valence-electron chi connectivity index (χ3n) is 4.02. The zero-order valence-electron chi connectivity index (χ0n) is 14.0. The molecule has 1 aromatic rings. The van der Waals surface area contributed by atoms with E-state index in [0.29, 0.717) is 44.7 Å². The molecule has 1 aliphatic rings. The van der Waals surface area contributed by atoms with Gasteiger partial charge in [-0.1, -0.05) is 19.1 Å². The number of hydrogen-bond donors (Lipinski definition) is 3. The highest BCUT2D eigenvalue weighted by molar-refractivity contribution is 5.94. The van der Waals surface area contributed by atoms with E-state index in [1.807, 2.05) is 19.1 Å². The maximum absolute atomic E-state index is 12.3. The molecule has 1 saturated heterocycles. The van der Waals surface area contributed by atoms with Crippen molar-refractivity contribution in [1.29, 1.82) is 0 Å². The molecule has 2 amide bonds. The molecule has 1 aromatic carbocycles. The van der Waals surface area contributed by atoms with Crippen LogP contribution in [0.4, 0.5) is 0 Å². The van der Waals surface area contributed by atoms with Crippen LogP contribution in [-0.2, 0) is 16.1 Å². The highest BCUT2D eigenvalue weighted by atomic mass is 35.5. The van der Waals surface area contributed by atoms with Crippen LogP contribution in [0.5, 0.6) is 0 Å². The molecule has 0 aromatic heterocycles. The van der Waals surface area contributed by atoms with Crippen LogP contribution < -0.4 is 16.4 Å². The molecule has 1 fully saturated rings. The van der Waals surface area contributed by atoms with Crippen LogP contribution in [-0.4, -0.2) is 37.1 Å². The van der Waals surface area contributed by atoms with Gasteiger partial charge in [-0.15, -0.1) is 12.4 Å². The molecule has 0 aliphatic carbocycles. The summed E-state index contributed by atoms with van der Waals surface area (Å²) in [5.74, 6) is -0.263. The molecule has 0 atom stereocenters. The van der Waals surface area contributed by atoms with Crippen molar-refractivity contribution in [3.8, 4) is 0 Å². The van der Waals surface area contributed by atoms with E-state index in [1.54, 1.807) is 12.1 Å². The van der Waals surface area contributed by atoms with Crippen molar-refractivity contribution >= 4 is 24.2 Å². The second-order valence-corrected chi connectivity index (χ2v) is 5.91. The van der Waals surface area contributed by atoms with Gasteiger partial charge in [0.05, 0.1) is 5.54 Å². The first kappa shape index (κ1) is 20.4. The molecule has 0 unspecified atom stereocenters. The molecule has 1 aliphatic heterocycles. The Bertz CT molecular complexity index is 560. The third kappa shape index (κ3) is 5.47. The Kier molecular flexibility index (Phi) is 8.18. The summed E-state index contributed by atoms with van der Waals surface area (Å²) >= 11 is 0. The number of ether oxygens (including phenoxy) is 1. The van der Waals surface area contributed by atoms with Gasteiger partial charge >= 0.3 is 0 Å². The fourth-order valence-corrected chi connectivity index (χ4v) is 2.48. The van der Waals surface area contributed by atoms with E-state index < -0.39 is 5.54 Å². The van der Waals surface area contributed by atoms with Crippen molar-refractivity contribution in [2.45, 2.75) is 38.3 Å². The number of benzene rings is 1. The van der Waals surface area contributed by atoms with Gasteiger partial charge in [0, 0.05) is 31.9 Å². The van der Waals surface area contributed by atoms with Gasteiger partial charge in [0.2, 0.25) is 5.91 Å². The first-order valence-corrected chi connectivity index (χ1v) is 8.07. The molecule has 6 nitrogen and oxygen atoms in total. The lowest BCUT2D eigenvalue weighted by molar-refractivity contribution is -0.129. The minimum Gasteiger partial charge on any atom is -0.381 e. The first-order chi connectivity index (χ1) is 11.0. The Balaban J connectivity index is 0.00000288. The molecule has 0 saturated carbocycles. The molecule has 2 rings (SSSR count). The molecule has 134 valence electrons. The summed E-state index contributed by atoms with van der Waals surface area (Å²) in [6.07, 6.45) is 1.94. The van der Waals surface area contributed by atoms with Crippen molar-refractivity contribution in [2.75, 3.05) is 19.8 Å². The Morgan fingerprint density at radius 1 is 1.25 bits per heavy atom. The summed E-state index contributed by atoms with van der Waals surface area (Å²) < 4.78 is 5.25. The number of nitrogens with two attached hydrogens (primary N) is 1. The van der Waals surface area contributed by atoms with E-state index in [2.05, 4.69) is 10.6 Å². The zero-order chi connectivity index (χ0) is 16.7. The highest BCUT2D eigenvalue weighted by Gasteiger charge is 2.35. The lowest BCUT2D eigenvalue weighted by Gasteiger charge is -2.31. The largest absolute Gasteiger partial charge is 0.381 e. The maximum Gasteiger partial charge on any atom is 0.251 e. The highest BCUT2D eigenvalue weighted by Crippen LogP contribution is 2.18. The summed E-state index contributed by atoms with van der Waals surface area (Å²) in [5.41, 5.74) is 6.76. The molecular formula is C17H26ClN3O3. The van der Waals surface area contributed by atoms with Gasteiger partial charge < -0.3 is 21.1 Å². The number of carbonyl (C=O) groups is 2. The summed E-state index contributed by atoms with van der Waals surface area (Å²) in [6.45, 7) is 4.03. The monoisotopic (exact) mass is 355 g/mol. The lowest BCUT2D eigenvalue weighted by atomic mass is 9.90. The third-order valence-corrected chi connectivity index (χ3v) is 4.02. The number of halogens is 1. The number of carbonyl (C=O) groups excluding carboxylic acids is 2. The van der Waals surface area contributed by atoms with Crippen molar-refractivity contribution in [2.24, 2.45) is 5.73 Å². The van der Waals surface area contributed by atoms with Crippen LogP contribution >= 0.6 is 12.4 Å². The normalized spacial score (nSPS) is 15.9. The minimum atomic E-state index is -0.853. The average molecular weight is 356 g/mol. The second kappa shape index (κ2) is 9.61. The smallest absolute Gasteiger partial charge is 0.251 e. The Morgan fingerprint density at radius 2 is 1.96 bits per heavy atom. The average Bonchev–Trinajstić information content (AvgIpc) is 2.58. The van der Waals surface area contributed by atoms with Crippen LogP contribution in [0.3, 0.4) is 0 Å². The number of nitrogens with one attached hydrogen (secondary N) is 2. The minimum absolute atomic E-state index is 0. The summed E-state index contributed by atoms with van der Waals surface area (Å²) in [7, 11) is 0. The van der Waals surface area contributed by atoms with Gasteiger partial charge in [-0.05, 0) is 37.0 Å². The van der Waals surface area contributed by atoms with E-state index in [4.69, 9.17) is 10.5 Å². The summed E-state index contributed by atoms with van der Waals surface area (Å²) in [5, 5.41) is 5.71. The molecule has 4 N–H and O–H groups in total. The molecule has 0 spiro atoms. The van der Waals surface area contributed by atoms with Crippen molar-refractivity contribution in [3.05, 3.63) is 35.4 Å². The van der Waals surface area contributed by atoms with Gasteiger partial charge in [0.25, 0.3) is 5.91 Å². The van der Waals surface area contributed by atoms with Crippen LogP contribution in [0.1, 0.15) is 42.1 Å². The Hall–Kier alpha value is -1.63. The van der Waals surface area contributed by atoms with Crippen molar-refractivity contribution in [3.63, 3.8) is 0 Å². The topological polar surface area (TPSA) is 93.5 Å². The van der Waals surface area contributed by atoms with Gasteiger partial charge in [0.15, 0.2) is 0 Å². The van der Waals surface area contributed by atoms with Crippen molar-refractivity contribution < 1.29 is 14.3 Å². The van der Waals surface area contributed by atoms with E-state index in [1.165, 1.54) is 0 Å². The van der Waals surface area contributed by atoms with E-state index in [9.17, 15) is 9.59 Å². The van der Waals surface area contributed by atoms with Crippen LogP contribution in [0.15, 0.2) is 24.3 Å². The van der Waals surface area contributed by atoms with Gasteiger partial charge in [-0.25, -0.2) is 0 Å². The number of rotatable bonds is 6. The Morgan fingerprint density at radius 3 is 2.62 bits per heavy atom. The maximum atomic E-state index is 12.3. The second-order valence-electron chi connectivity index (χ2n) is 5.91. The van der Waals surface area contributed by atoms with Gasteiger partial charge in [0.1, 0.15) is 0 Å². The van der Waals surface area contributed by atoms with Crippen LogP contribution in [0, 0.1) is 0 Å². The van der Waals surface area contributed by atoms with E-state index in [0.717, 1.165) is 12.0 Å². The van der Waals surface area contributed by atoms with E-state index in [-0.39, 0.29) is 24.2 Å². The quantitative estimate of drug-likeness (QED) is 0.718. The van der Waals surface area contributed by atoms with E-state index >= 15 is 0 Å². The van der Waals surface area contributed by atoms with Crippen molar-refractivity contribution in [1.82, 2.24) is 10.6 Å². The summed E-state index contributed by atoms with van der Waals surface area (Å²) in [6, 6.07) is 7.25. The Labute approximate surface area is 148 Å². The first-order valence-electron chi connectivity index (χ1n) is 8.07. The van der Waals surface area contributed by atoms with Crippen LogP contribution in [0.25, 0.3) is 0 Å². The van der Waals surface area contributed by atoms with Gasteiger partial charge in [-0.2, -0.15) is 0 Å². The SMILES string of the molecule is CCCNC(=O)c1cccc(CNC(=O)C2(N)CCOCC2)c1.Cl. The van der Waals surface area contributed by atoms with Crippen LogP contribution in [0.2, 0.25) is 0 Å². The fraction of sp³-hybridized carbons (Fsp3) is 0.529. The molecule has 1 heterocycles. The fourth-order valence-electron chi connectivity index (χ4n) is 2.48. The number of amides is 2. The summed E-state index contributed by atoms with van der Waals surface area (Å²) in [4.78, 5) is 24.2. The molecular weight excluding hydrogens is 330 g/mol. The molecule has 0 radical (unpaired) electrons. The zero-order valence-corrected chi connectivity index (χ0v) is 14.8. The molecule has 24 heavy (non-hydrogen) atoms. The standard InChI is InChI=1S/C17H25N3O3.ClH/c1-2-8-19-15(21)14-5-3-4-13(11-14)12-20-16(22)17(18)6-9-23-10-7-17;/h3-5,11H,2,6-10,12,18H2,1H3,(H,19,21)(H,20,22);1H. The predicted molar refractivity (Wildman–Crippen MR) is 95.1 cm³/mol.